The molecule has 1 fully saturated rings. The molecule has 0 spiro atoms. The predicted octanol–water partition coefficient (Wildman–Crippen LogP) is 4.05. The number of fused-ring (bicyclic) bond motifs is 1. The summed E-state index contributed by atoms with van der Waals surface area (Å²) in [5, 5.41) is 4.54. The van der Waals surface area contributed by atoms with Crippen LogP contribution in [0, 0.1) is 6.92 Å². The van der Waals surface area contributed by atoms with Crippen molar-refractivity contribution in [2.45, 2.75) is 38.6 Å². The van der Waals surface area contributed by atoms with E-state index in [4.69, 9.17) is 4.98 Å². The summed E-state index contributed by atoms with van der Waals surface area (Å²) in [7, 11) is 3.54. The highest BCUT2D eigenvalue weighted by molar-refractivity contribution is 5.82. The van der Waals surface area contributed by atoms with Gasteiger partial charge in [-0.3, -0.25) is 9.59 Å². The van der Waals surface area contributed by atoms with Crippen LogP contribution in [-0.4, -0.2) is 43.7 Å². The number of imidazole rings is 1. The van der Waals surface area contributed by atoms with Crippen LogP contribution >= 0.6 is 0 Å². The molecule has 0 aliphatic carbocycles. The van der Waals surface area contributed by atoms with Gasteiger partial charge in [-0.25, -0.2) is 9.67 Å². The Morgan fingerprint density at radius 2 is 1.79 bits per heavy atom. The largest absolute Gasteiger partial charge is 0.346 e. The second-order valence-corrected chi connectivity index (χ2v) is 9.29. The average molecular weight is 456 g/mol. The molecule has 0 saturated carbocycles. The van der Waals surface area contributed by atoms with E-state index in [-0.39, 0.29) is 23.4 Å². The van der Waals surface area contributed by atoms with Crippen molar-refractivity contribution in [1.29, 1.82) is 0 Å². The fourth-order valence-electron chi connectivity index (χ4n) is 4.91. The molecule has 4 aromatic rings. The topological polar surface area (TPSA) is 73.0 Å². The molecule has 1 saturated heterocycles. The van der Waals surface area contributed by atoms with Gasteiger partial charge in [0.05, 0.1) is 17.1 Å². The maximum atomic E-state index is 12.4. The van der Waals surface area contributed by atoms with Crippen LogP contribution in [-0.2, 0) is 11.8 Å². The molecule has 0 bridgehead atoms. The fraction of sp³-hybridized carbons (Fsp3) is 0.333. The first-order valence-corrected chi connectivity index (χ1v) is 11.7. The molecule has 174 valence electrons. The maximum Gasteiger partial charge on any atom is 0.269 e. The van der Waals surface area contributed by atoms with Crippen molar-refractivity contribution in [2.24, 2.45) is 7.05 Å². The van der Waals surface area contributed by atoms with Crippen molar-refractivity contribution >= 4 is 16.9 Å². The predicted molar refractivity (Wildman–Crippen MR) is 133 cm³/mol. The third kappa shape index (κ3) is 3.81. The zero-order valence-electron chi connectivity index (χ0n) is 20.0. The van der Waals surface area contributed by atoms with Gasteiger partial charge in [0.1, 0.15) is 5.69 Å². The molecule has 5 rings (SSSR count). The quantitative estimate of drug-likeness (QED) is 0.465. The van der Waals surface area contributed by atoms with Crippen LogP contribution in [0.2, 0.25) is 0 Å². The smallest absolute Gasteiger partial charge is 0.269 e. The first-order valence-electron chi connectivity index (χ1n) is 11.7. The number of nitrogens with zero attached hydrogens (tertiary/aromatic N) is 5. The molecular formula is C27H29N5O2. The number of hydrogen-bond donors (Lipinski definition) is 0. The van der Waals surface area contributed by atoms with Crippen molar-refractivity contribution < 1.29 is 4.79 Å². The van der Waals surface area contributed by atoms with Crippen molar-refractivity contribution in [3.05, 3.63) is 81.6 Å². The van der Waals surface area contributed by atoms with Gasteiger partial charge in [0.25, 0.3) is 5.56 Å². The average Bonchev–Trinajstić information content (AvgIpc) is 3.22. The highest BCUT2D eigenvalue weighted by atomic mass is 16.2. The highest BCUT2D eigenvalue weighted by Crippen LogP contribution is 2.35. The summed E-state index contributed by atoms with van der Waals surface area (Å²) < 4.78 is 3.58. The SMILES string of the molecule is Cc1cc(-c2nc3ccc(C4CCN(C)C(=O)C4)cc3n2C(C)c2ccccc2)nn(C)c1=O. The van der Waals surface area contributed by atoms with Gasteiger partial charge < -0.3 is 9.47 Å². The van der Waals surface area contributed by atoms with Gasteiger partial charge in [0.15, 0.2) is 5.82 Å². The summed E-state index contributed by atoms with van der Waals surface area (Å²) in [5.41, 5.74) is 5.36. The van der Waals surface area contributed by atoms with Gasteiger partial charge in [0.2, 0.25) is 5.91 Å². The zero-order chi connectivity index (χ0) is 24.0. The summed E-state index contributed by atoms with van der Waals surface area (Å²) in [4.78, 5) is 31.4. The standard InChI is InChI=1S/C27H29N5O2/c1-17-14-23(29-31(4)27(17)34)26-28-22-11-10-20(21-12-13-30(3)25(33)16-21)15-24(22)32(26)18(2)19-8-6-5-7-9-19/h5-11,14-15,18,21H,12-13,16H2,1-4H3. The van der Waals surface area contributed by atoms with Crippen LogP contribution in [0.4, 0.5) is 0 Å². The Morgan fingerprint density at radius 3 is 2.50 bits per heavy atom. The van der Waals surface area contributed by atoms with Crippen molar-refractivity contribution in [2.75, 3.05) is 13.6 Å². The minimum Gasteiger partial charge on any atom is -0.346 e. The molecule has 2 unspecified atom stereocenters. The van der Waals surface area contributed by atoms with Crippen LogP contribution in [0.1, 0.15) is 48.4 Å². The second kappa shape index (κ2) is 8.56. The zero-order valence-corrected chi connectivity index (χ0v) is 20.0. The molecule has 7 heteroatoms. The van der Waals surface area contributed by atoms with Gasteiger partial charge in [-0.2, -0.15) is 5.10 Å². The molecule has 1 aliphatic rings. The van der Waals surface area contributed by atoms with Crippen molar-refractivity contribution in [3.63, 3.8) is 0 Å². The second-order valence-electron chi connectivity index (χ2n) is 9.29. The van der Waals surface area contributed by atoms with E-state index in [2.05, 4.69) is 40.9 Å². The van der Waals surface area contributed by atoms with Crippen LogP contribution in [0.25, 0.3) is 22.6 Å². The van der Waals surface area contributed by atoms with E-state index in [0.29, 0.717) is 17.7 Å². The van der Waals surface area contributed by atoms with Crippen LogP contribution in [0.5, 0.6) is 0 Å². The molecule has 0 N–H and O–H groups in total. The van der Waals surface area contributed by atoms with E-state index < -0.39 is 0 Å². The van der Waals surface area contributed by atoms with E-state index in [1.807, 2.05) is 42.3 Å². The van der Waals surface area contributed by atoms with Gasteiger partial charge in [-0.1, -0.05) is 36.4 Å². The van der Waals surface area contributed by atoms with Gasteiger partial charge >= 0.3 is 0 Å². The Labute approximate surface area is 198 Å². The number of likely N-dealkylation sites (tertiary alicyclic amines) is 1. The molecule has 7 nitrogen and oxygen atoms in total. The van der Waals surface area contributed by atoms with E-state index in [1.54, 1.807) is 14.0 Å². The number of rotatable bonds is 4. The molecular weight excluding hydrogens is 426 g/mol. The third-order valence-electron chi connectivity index (χ3n) is 6.99. The van der Waals surface area contributed by atoms with E-state index >= 15 is 0 Å². The Kier molecular flexibility index (Phi) is 5.55. The summed E-state index contributed by atoms with van der Waals surface area (Å²) in [6.45, 7) is 4.73. The minimum atomic E-state index is -0.114. The van der Waals surface area contributed by atoms with Crippen LogP contribution in [0.3, 0.4) is 0 Å². The third-order valence-corrected chi connectivity index (χ3v) is 6.99. The summed E-state index contributed by atoms with van der Waals surface area (Å²) in [6, 6.07) is 18.4. The molecule has 3 heterocycles. The molecule has 1 amide bonds. The number of carbonyl (C=O) groups is 1. The first-order chi connectivity index (χ1) is 16.3. The molecule has 1 aliphatic heterocycles. The molecule has 2 aromatic carbocycles. The number of piperidine rings is 1. The Bertz CT molecular complexity index is 1410. The number of carbonyl (C=O) groups excluding carboxylic acids is 1. The lowest BCUT2D eigenvalue weighted by Gasteiger charge is -2.29. The highest BCUT2D eigenvalue weighted by Gasteiger charge is 2.26. The fourth-order valence-corrected chi connectivity index (χ4v) is 4.91. The Hall–Kier alpha value is -3.74. The van der Waals surface area contributed by atoms with Crippen molar-refractivity contribution in [1.82, 2.24) is 24.2 Å². The summed E-state index contributed by atoms with van der Waals surface area (Å²) >= 11 is 0. The van der Waals surface area contributed by atoms with E-state index in [9.17, 15) is 9.59 Å². The maximum absolute atomic E-state index is 12.4. The molecule has 34 heavy (non-hydrogen) atoms. The molecule has 2 atom stereocenters. The Balaban J connectivity index is 1.70. The summed E-state index contributed by atoms with van der Waals surface area (Å²) in [5.74, 6) is 1.11. The lowest BCUT2D eigenvalue weighted by atomic mass is 9.89. The van der Waals surface area contributed by atoms with Gasteiger partial charge in [0, 0.05) is 32.6 Å². The lowest BCUT2D eigenvalue weighted by molar-refractivity contribution is -0.132. The normalized spacial score (nSPS) is 17.4. The van der Waals surface area contributed by atoms with Crippen LogP contribution < -0.4 is 5.56 Å². The first kappa shape index (κ1) is 22.1. The number of hydrogen-bond acceptors (Lipinski definition) is 4. The lowest BCUT2D eigenvalue weighted by Crippen LogP contribution is -2.34. The monoisotopic (exact) mass is 455 g/mol. The molecule has 0 radical (unpaired) electrons. The van der Waals surface area contributed by atoms with Crippen LogP contribution in [0.15, 0.2) is 59.4 Å². The van der Waals surface area contributed by atoms with Gasteiger partial charge in [-0.15, -0.1) is 0 Å². The van der Waals surface area contributed by atoms with Gasteiger partial charge in [-0.05, 0) is 55.5 Å². The Morgan fingerprint density at radius 1 is 1.03 bits per heavy atom. The van der Waals surface area contributed by atoms with E-state index in [0.717, 1.165) is 41.0 Å². The number of benzene rings is 2. The minimum absolute atomic E-state index is 0.00471. The molecule has 2 aromatic heterocycles. The number of amides is 1. The number of aryl methyl sites for hydroxylation is 2. The van der Waals surface area contributed by atoms with E-state index in [1.165, 1.54) is 4.68 Å². The number of aromatic nitrogens is 4. The summed E-state index contributed by atoms with van der Waals surface area (Å²) in [6.07, 6.45) is 1.48. The van der Waals surface area contributed by atoms with Crippen molar-refractivity contribution in [3.8, 4) is 11.5 Å².